The van der Waals surface area contributed by atoms with Crippen LogP contribution >= 0.6 is 0 Å². The number of fused-ring (bicyclic) bond motifs is 5. The Kier molecular flexibility index (Phi) is 5.71. The van der Waals surface area contributed by atoms with Gasteiger partial charge in [-0.1, -0.05) is 37.6 Å². The van der Waals surface area contributed by atoms with E-state index in [4.69, 9.17) is 9.84 Å². The lowest BCUT2D eigenvalue weighted by Gasteiger charge is -2.59. The Morgan fingerprint density at radius 1 is 1.09 bits per heavy atom. The first-order chi connectivity index (χ1) is 15.3. The standard InChI is InChI=1S/C28H40O4/c1-26-13-12-24-22(23(26)9-10-25(26)30)8-7-19-11-14-28(31,18-27(19,24)2)20-5-3-6-21(17-20)32-16-4-15-29/h3,5-6,11,17,22-25,29-31H,4,7-10,12-16,18H2,1-2H3/t22-,23-,24+,25?,26-,27-,28?/m0/s1. The van der Waals surface area contributed by atoms with Gasteiger partial charge in [-0.15, -0.1) is 0 Å². The Morgan fingerprint density at radius 3 is 2.75 bits per heavy atom. The van der Waals surface area contributed by atoms with Gasteiger partial charge >= 0.3 is 0 Å². The summed E-state index contributed by atoms with van der Waals surface area (Å²) in [6.45, 7) is 5.35. The van der Waals surface area contributed by atoms with Crippen molar-refractivity contribution in [2.45, 2.75) is 83.3 Å². The van der Waals surface area contributed by atoms with E-state index in [1.807, 2.05) is 24.3 Å². The first kappa shape index (κ1) is 22.4. The molecule has 4 heteroatoms. The summed E-state index contributed by atoms with van der Waals surface area (Å²) >= 11 is 0. The Hall–Kier alpha value is -1.36. The van der Waals surface area contributed by atoms with Gasteiger partial charge in [0.15, 0.2) is 0 Å². The van der Waals surface area contributed by atoms with E-state index < -0.39 is 5.60 Å². The number of rotatable bonds is 5. The van der Waals surface area contributed by atoms with Crippen molar-refractivity contribution in [1.29, 1.82) is 0 Å². The molecule has 4 aliphatic rings. The molecule has 1 aromatic carbocycles. The second kappa shape index (κ2) is 8.14. The third-order valence-electron chi connectivity index (χ3n) is 9.97. The summed E-state index contributed by atoms with van der Waals surface area (Å²) in [6.07, 6.45) is 11.0. The van der Waals surface area contributed by atoms with Crippen molar-refractivity contribution >= 4 is 0 Å². The zero-order valence-corrected chi connectivity index (χ0v) is 19.7. The van der Waals surface area contributed by atoms with Crippen LogP contribution in [-0.4, -0.2) is 34.6 Å². The minimum atomic E-state index is -0.883. The van der Waals surface area contributed by atoms with Crippen molar-refractivity contribution in [2.75, 3.05) is 13.2 Å². The molecular weight excluding hydrogens is 400 g/mol. The number of ether oxygens (including phenoxy) is 1. The highest BCUT2D eigenvalue weighted by molar-refractivity contribution is 5.37. The SMILES string of the molecule is C[C@]12CC(O)(c3cccc(OCCCO)c3)CC=C1CC[C@@H]1[C@H]2CC[C@]2(C)C(O)CC[C@@H]12. The second-order valence-corrected chi connectivity index (χ2v) is 11.6. The number of allylic oxidation sites excluding steroid dienone is 1. The Labute approximate surface area is 192 Å². The van der Waals surface area contributed by atoms with Crippen molar-refractivity contribution in [3.8, 4) is 5.75 Å². The van der Waals surface area contributed by atoms with Crippen LogP contribution in [0.4, 0.5) is 0 Å². The maximum absolute atomic E-state index is 11.9. The molecule has 4 nitrogen and oxygen atoms in total. The van der Waals surface area contributed by atoms with Crippen LogP contribution in [-0.2, 0) is 5.60 Å². The molecule has 0 heterocycles. The minimum absolute atomic E-state index is 0.0124. The van der Waals surface area contributed by atoms with E-state index in [9.17, 15) is 10.2 Å². The summed E-state index contributed by atoms with van der Waals surface area (Å²) in [4.78, 5) is 0. The molecule has 4 aliphatic carbocycles. The largest absolute Gasteiger partial charge is 0.493 e. The Morgan fingerprint density at radius 2 is 1.94 bits per heavy atom. The zero-order valence-electron chi connectivity index (χ0n) is 19.7. The van der Waals surface area contributed by atoms with E-state index in [0.29, 0.717) is 37.2 Å². The van der Waals surface area contributed by atoms with Gasteiger partial charge in [0.1, 0.15) is 5.75 Å². The molecule has 3 N–H and O–H groups in total. The van der Waals surface area contributed by atoms with Gasteiger partial charge < -0.3 is 20.1 Å². The van der Waals surface area contributed by atoms with Gasteiger partial charge in [0.25, 0.3) is 0 Å². The molecule has 0 amide bonds. The molecular formula is C28H40O4. The van der Waals surface area contributed by atoms with Crippen LogP contribution in [0.25, 0.3) is 0 Å². The molecule has 0 aromatic heterocycles. The molecule has 0 aliphatic heterocycles. The lowest BCUT2D eigenvalue weighted by atomic mass is 9.46. The number of hydrogen-bond donors (Lipinski definition) is 3. The van der Waals surface area contributed by atoms with E-state index >= 15 is 0 Å². The fourth-order valence-corrected chi connectivity index (χ4v) is 8.20. The molecule has 1 aromatic rings. The van der Waals surface area contributed by atoms with E-state index in [0.717, 1.165) is 49.8 Å². The van der Waals surface area contributed by atoms with E-state index in [1.54, 1.807) is 5.57 Å². The van der Waals surface area contributed by atoms with Crippen molar-refractivity contribution in [3.63, 3.8) is 0 Å². The van der Waals surface area contributed by atoms with Gasteiger partial charge in [0.05, 0.1) is 18.3 Å². The summed E-state index contributed by atoms with van der Waals surface area (Å²) in [5.74, 6) is 2.62. The Bertz CT molecular complexity index is 880. The van der Waals surface area contributed by atoms with Crippen LogP contribution in [0, 0.1) is 28.6 Å². The summed E-state index contributed by atoms with van der Waals surface area (Å²) in [6, 6.07) is 7.93. The minimum Gasteiger partial charge on any atom is -0.493 e. The van der Waals surface area contributed by atoms with Crippen molar-refractivity contribution in [2.24, 2.45) is 28.6 Å². The van der Waals surface area contributed by atoms with Crippen molar-refractivity contribution < 1.29 is 20.1 Å². The lowest BCUT2D eigenvalue weighted by molar-refractivity contribution is -0.101. The van der Waals surface area contributed by atoms with E-state index in [2.05, 4.69) is 19.9 Å². The summed E-state index contributed by atoms with van der Waals surface area (Å²) < 4.78 is 5.80. The van der Waals surface area contributed by atoms with Crippen LogP contribution in [0.2, 0.25) is 0 Å². The van der Waals surface area contributed by atoms with Crippen LogP contribution in [0.15, 0.2) is 35.9 Å². The molecule has 0 saturated heterocycles. The van der Waals surface area contributed by atoms with Gasteiger partial charge in [0, 0.05) is 13.0 Å². The summed E-state index contributed by atoms with van der Waals surface area (Å²) in [7, 11) is 0. The topological polar surface area (TPSA) is 69.9 Å². The Balaban J connectivity index is 1.42. The van der Waals surface area contributed by atoms with Crippen LogP contribution < -0.4 is 4.74 Å². The molecule has 3 fully saturated rings. The normalized spacial score (nSPS) is 43.1. The molecule has 0 bridgehead atoms. The number of benzene rings is 1. The summed E-state index contributed by atoms with van der Waals surface area (Å²) in [5.41, 5.74) is 1.71. The fourth-order valence-electron chi connectivity index (χ4n) is 8.20. The predicted octanol–water partition coefficient (Wildman–Crippen LogP) is 4.96. The maximum atomic E-state index is 11.9. The van der Waals surface area contributed by atoms with Crippen LogP contribution in [0.5, 0.6) is 5.75 Å². The fraction of sp³-hybridized carbons (Fsp3) is 0.714. The maximum Gasteiger partial charge on any atom is 0.119 e. The zero-order chi connectivity index (χ0) is 22.6. The van der Waals surface area contributed by atoms with Crippen LogP contribution in [0.3, 0.4) is 0 Å². The van der Waals surface area contributed by atoms with Crippen molar-refractivity contribution in [3.05, 3.63) is 41.5 Å². The van der Waals surface area contributed by atoms with E-state index in [1.165, 1.54) is 6.42 Å². The van der Waals surface area contributed by atoms with Gasteiger partial charge in [-0.2, -0.15) is 0 Å². The molecule has 7 atom stereocenters. The van der Waals surface area contributed by atoms with Gasteiger partial charge in [0.2, 0.25) is 0 Å². The highest BCUT2D eigenvalue weighted by Gasteiger charge is 2.60. The number of aliphatic hydroxyl groups excluding tert-OH is 2. The lowest BCUT2D eigenvalue weighted by Crippen LogP contribution is -2.53. The molecule has 2 unspecified atom stereocenters. The third kappa shape index (κ3) is 3.45. The van der Waals surface area contributed by atoms with Gasteiger partial charge in [-0.25, -0.2) is 0 Å². The molecule has 32 heavy (non-hydrogen) atoms. The quantitative estimate of drug-likeness (QED) is 0.447. The summed E-state index contributed by atoms with van der Waals surface area (Å²) in [5, 5.41) is 31.7. The monoisotopic (exact) mass is 440 g/mol. The molecule has 0 radical (unpaired) electrons. The first-order valence-electron chi connectivity index (χ1n) is 12.7. The molecule has 3 saturated carbocycles. The number of aliphatic hydroxyl groups is 3. The highest BCUT2D eigenvalue weighted by Crippen LogP contribution is 2.66. The van der Waals surface area contributed by atoms with Gasteiger partial charge in [-0.05, 0) is 97.6 Å². The predicted molar refractivity (Wildman–Crippen MR) is 125 cm³/mol. The first-order valence-corrected chi connectivity index (χ1v) is 12.7. The van der Waals surface area contributed by atoms with Gasteiger partial charge in [-0.3, -0.25) is 0 Å². The van der Waals surface area contributed by atoms with Crippen molar-refractivity contribution in [1.82, 2.24) is 0 Å². The molecule has 176 valence electrons. The third-order valence-corrected chi connectivity index (χ3v) is 9.97. The van der Waals surface area contributed by atoms with E-state index in [-0.39, 0.29) is 23.5 Å². The second-order valence-electron chi connectivity index (χ2n) is 11.6. The number of hydrogen-bond acceptors (Lipinski definition) is 4. The average molecular weight is 441 g/mol. The highest BCUT2D eigenvalue weighted by atomic mass is 16.5. The average Bonchev–Trinajstić information content (AvgIpc) is 3.08. The molecule has 5 rings (SSSR count). The molecule has 0 spiro atoms. The van der Waals surface area contributed by atoms with Crippen LogP contribution in [0.1, 0.15) is 77.2 Å². The smallest absolute Gasteiger partial charge is 0.119 e.